The van der Waals surface area contributed by atoms with Crippen molar-refractivity contribution >= 4 is 38.6 Å². The van der Waals surface area contributed by atoms with Crippen LogP contribution in [0.4, 0.5) is 5.95 Å². The van der Waals surface area contributed by atoms with Crippen molar-refractivity contribution in [2.45, 2.75) is 6.92 Å². The first-order valence-corrected chi connectivity index (χ1v) is 7.17. The zero-order valence-electron chi connectivity index (χ0n) is 11.3. The third-order valence-corrected chi connectivity index (χ3v) is 3.56. The number of hydrogen-bond acceptors (Lipinski definition) is 4. The molecule has 0 aliphatic heterocycles. The van der Waals surface area contributed by atoms with Crippen molar-refractivity contribution in [3.8, 4) is 5.75 Å². The molecule has 6 heteroatoms. The number of benzene rings is 2. The summed E-state index contributed by atoms with van der Waals surface area (Å²) in [6.45, 7) is 1.82. The van der Waals surface area contributed by atoms with Gasteiger partial charge < -0.3 is 10.1 Å². The summed E-state index contributed by atoms with van der Waals surface area (Å²) in [4.78, 5) is 7.50. The second-order valence-corrected chi connectivity index (χ2v) is 5.49. The van der Waals surface area contributed by atoms with Crippen LogP contribution in [0.5, 0.6) is 5.75 Å². The molecule has 1 heterocycles. The van der Waals surface area contributed by atoms with Crippen LogP contribution in [0, 0.1) is 0 Å². The van der Waals surface area contributed by atoms with Gasteiger partial charge in [0.25, 0.3) is 0 Å². The van der Waals surface area contributed by atoms with Gasteiger partial charge in [-0.2, -0.15) is 5.10 Å². The van der Waals surface area contributed by atoms with Crippen molar-refractivity contribution in [3.05, 3.63) is 52.5 Å². The van der Waals surface area contributed by atoms with Crippen molar-refractivity contribution in [1.29, 1.82) is 0 Å². The van der Waals surface area contributed by atoms with Crippen LogP contribution in [0.3, 0.4) is 0 Å². The molecule has 0 saturated carbocycles. The minimum atomic E-state index is 0.186. The molecule has 0 saturated heterocycles. The molecular formula is C15H13BrN4O. The highest BCUT2D eigenvalue weighted by Crippen LogP contribution is 2.22. The Labute approximate surface area is 129 Å². The highest BCUT2D eigenvalue weighted by atomic mass is 79.9. The molecule has 0 atom stereocenters. The molecule has 21 heavy (non-hydrogen) atoms. The van der Waals surface area contributed by atoms with Crippen LogP contribution in [0.25, 0.3) is 11.0 Å². The highest BCUT2D eigenvalue weighted by Gasteiger charge is 2.06. The van der Waals surface area contributed by atoms with Crippen molar-refractivity contribution < 1.29 is 5.11 Å². The Kier molecular flexibility index (Phi) is 3.62. The molecule has 0 aliphatic carbocycles. The van der Waals surface area contributed by atoms with E-state index in [1.54, 1.807) is 12.1 Å². The number of phenols is 1. The second-order valence-electron chi connectivity index (χ2n) is 4.57. The van der Waals surface area contributed by atoms with Crippen molar-refractivity contribution in [1.82, 2.24) is 9.97 Å². The third-order valence-electron chi connectivity index (χ3n) is 3.07. The number of para-hydroxylation sites is 2. The summed E-state index contributed by atoms with van der Waals surface area (Å²) < 4.78 is 0.883. The van der Waals surface area contributed by atoms with Gasteiger partial charge in [0.05, 0.1) is 16.7 Å². The number of rotatable bonds is 3. The summed E-state index contributed by atoms with van der Waals surface area (Å²) in [7, 11) is 0. The molecule has 3 aromatic rings. The SMILES string of the molecule is C/C(=N\Nc1nc2ccccc2[nH]1)c1cc(Br)ccc1O. The maximum Gasteiger partial charge on any atom is 0.222 e. The van der Waals surface area contributed by atoms with Crippen LogP contribution < -0.4 is 5.43 Å². The Morgan fingerprint density at radius 1 is 1.29 bits per heavy atom. The Morgan fingerprint density at radius 2 is 2.10 bits per heavy atom. The quantitative estimate of drug-likeness (QED) is 0.498. The number of aromatic hydroxyl groups is 1. The first-order chi connectivity index (χ1) is 10.1. The Bertz CT molecular complexity index is 792. The number of nitrogens with one attached hydrogen (secondary N) is 2. The van der Waals surface area contributed by atoms with Crippen LogP contribution in [-0.2, 0) is 0 Å². The molecule has 0 spiro atoms. The lowest BCUT2D eigenvalue weighted by atomic mass is 10.1. The van der Waals surface area contributed by atoms with Crippen LogP contribution in [-0.4, -0.2) is 20.8 Å². The average molecular weight is 345 g/mol. The molecule has 0 aliphatic rings. The highest BCUT2D eigenvalue weighted by molar-refractivity contribution is 9.10. The van der Waals surface area contributed by atoms with E-state index in [0.29, 0.717) is 17.2 Å². The van der Waals surface area contributed by atoms with E-state index in [9.17, 15) is 5.11 Å². The Morgan fingerprint density at radius 3 is 2.90 bits per heavy atom. The molecule has 0 unspecified atom stereocenters. The first kappa shape index (κ1) is 13.6. The maximum atomic E-state index is 9.86. The van der Waals surface area contributed by atoms with Gasteiger partial charge in [-0.1, -0.05) is 28.1 Å². The molecule has 0 bridgehead atoms. The summed E-state index contributed by atoms with van der Waals surface area (Å²) in [6.07, 6.45) is 0. The van der Waals surface area contributed by atoms with Gasteiger partial charge >= 0.3 is 0 Å². The summed E-state index contributed by atoms with van der Waals surface area (Å²) in [6, 6.07) is 13.0. The number of halogens is 1. The van der Waals surface area contributed by atoms with Gasteiger partial charge in [0, 0.05) is 10.0 Å². The standard InChI is InChI=1S/C15H13BrN4O/c1-9(11-8-10(16)6-7-14(11)21)19-20-15-17-12-4-2-3-5-13(12)18-15/h2-8,21H,1H3,(H2,17,18,20)/b19-9+. The van der Waals surface area contributed by atoms with Crippen molar-refractivity contribution in [2.24, 2.45) is 5.10 Å². The molecule has 106 valence electrons. The molecule has 3 N–H and O–H groups in total. The predicted molar refractivity (Wildman–Crippen MR) is 87.7 cm³/mol. The number of hydrogen-bond donors (Lipinski definition) is 3. The number of phenolic OH excluding ortho intramolecular Hbond substituents is 1. The predicted octanol–water partition coefficient (Wildman–Crippen LogP) is 3.87. The smallest absolute Gasteiger partial charge is 0.222 e. The fourth-order valence-corrected chi connectivity index (χ4v) is 2.36. The lowest BCUT2D eigenvalue weighted by Gasteiger charge is -2.04. The van der Waals surface area contributed by atoms with E-state index < -0.39 is 0 Å². The number of H-pyrrole nitrogens is 1. The van der Waals surface area contributed by atoms with Gasteiger partial charge in [0.2, 0.25) is 5.95 Å². The lowest BCUT2D eigenvalue weighted by Crippen LogP contribution is -2.01. The number of aromatic nitrogens is 2. The fraction of sp³-hybridized carbons (Fsp3) is 0.0667. The van der Waals surface area contributed by atoms with E-state index in [4.69, 9.17) is 0 Å². The maximum absolute atomic E-state index is 9.86. The Balaban J connectivity index is 1.86. The first-order valence-electron chi connectivity index (χ1n) is 6.37. The van der Waals surface area contributed by atoms with Crippen LogP contribution in [0.2, 0.25) is 0 Å². The summed E-state index contributed by atoms with van der Waals surface area (Å²) in [5.74, 6) is 0.746. The average Bonchev–Trinajstić information content (AvgIpc) is 2.90. The molecule has 1 aromatic heterocycles. The minimum absolute atomic E-state index is 0.186. The molecule has 2 aromatic carbocycles. The van der Waals surface area contributed by atoms with Crippen molar-refractivity contribution in [3.63, 3.8) is 0 Å². The van der Waals surface area contributed by atoms with Gasteiger partial charge in [-0.25, -0.2) is 10.4 Å². The van der Waals surface area contributed by atoms with Gasteiger partial charge in [0.1, 0.15) is 5.75 Å². The second kappa shape index (κ2) is 5.57. The molecular weight excluding hydrogens is 332 g/mol. The number of nitrogens with zero attached hydrogens (tertiary/aromatic N) is 2. The third kappa shape index (κ3) is 2.90. The number of fused-ring (bicyclic) bond motifs is 1. The zero-order valence-corrected chi connectivity index (χ0v) is 12.8. The van der Waals surface area contributed by atoms with Crippen LogP contribution in [0.15, 0.2) is 52.0 Å². The summed E-state index contributed by atoms with van der Waals surface area (Å²) in [5, 5.41) is 14.1. The topological polar surface area (TPSA) is 73.3 Å². The van der Waals surface area contributed by atoms with Crippen LogP contribution >= 0.6 is 15.9 Å². The Hall–Kier alpha value is -2.34. The summed E-state index contributed by atoms with van der Waals surface area (Å²) in [5.41, 5.74) is 6.01. The summed E-state index contributed by atoms with van der Waals surface area (Å²) >= 11 is 3.38. The van der Waals surface area contributed by atoms with E-state index in [0.717, 1.165) is 15.5 Å². The van der Waals surface area contributed by atoms with Gasteiger partial charge in [-0.3, -0.25) is 0 Å². The normalized spacial score (nSPS) is 11.8. The van der Waals surface area contributed by atoms with E-state index in [1.807, 2.05) is 37.3 Å². The molecule has 5 nitrogen and oxygen atoms in total. The van der Waals surface area contributed by atoms with Crippen LogP contribution in [0.1, 0.15) is 12.5 Å². The monoisotopic (exact) mass is 344 g/mol. The lowest BCUT2D eigenvalue weighted by molar-refractivity contribution is 0.474. The molecule has 0 fully saturated rings. The number of hydrazone groups is 1. The van der Waals surface area contributed by atoms with E-state index >= 15 is 0 Å². The minimum Gasteiger partial charge on any atom is -0.507 e. The zero-order chi connectivity index (χ0) is 14.8. The number of imidazole rings is 1. The molecule has 0 amide bonds. The number of anilines is 1. The van der Waals surface area contributed by atoms with Gasteiger partial charge in [-0.15, -0.1) is 0 Å². The van der Waals surface area contributed by atoms with E-state index in [-0.39, 0.29) is 5.75 Å². The van der Waals surface area contributed by atoms with E-state index in [2.05, 4.69) is 36.4 Å². The molecule has 0 radical (unpaired) electrons. The number of aromatic amines is 1. The van der Waals surface area contributed by atoms with Gasteiger partial charge in [0.15, 0.2) is 0 Å². The van der Waals surface area contributed by atoms with E-state index in [1.165, 1.54) is 0 Å². The van der Waals surface area contributed by atoms with Gasteiger partial charge in [-0.05, 0) is 37.3 Å². The molecule has 3 rings (SSSR count). The largest absolute Gasteiger partial charge is 0.507 e. The fourth-order valence-electron chi connectivity index (χ4n) is 2.00. The van der Waals surface area contributed by atoms with Crippen molar-refractivity contribution in [2.75, 3.05) is 5.43 Å².